The quantitative estimate of drug-likeness (QED) is 0.758. The molecule has 1 aromatic rings. The Labute approximate surface area is 80.1 Å². The predicted molar refractivity (Wildman–Crippen MR) is 54.8 cm³/mol. The van der Waals surface area contributed by atoms with Crippen LogP contribution >= 0.6 is 0 Å². The zero-order valence-electron chi connectivity index (χ0n) is 8.96. The average Bonchev–Trinajstić information content (AvgIpc) is 2.29. The molecule has 0 saturated heterocycles. The maximum Gasteiger partial charge on any atom is 0.0596 e. The van der Waals surface area contributed by atoms with E-state index >= 15 is 0 Å². The van der Waals surface area contributed by atoms with E-state index in [1.165, 1.54) is 5.69 Å². The van der Waals surface area contributed by atoms with Crippen molar-refractivity contribution in [2.45, 2.75) is 33.2 Å². The van der Waals surface area contributed by atoms with Gasteiger partial charge in [-0.25, -0.2) is 0 Å². The Balaban J connectivity index is 2.40. The van der Waals surface area contributed by atoms with Gasteiger partial charge in [0.15, 0.2) is 0 Å². The van der Waals surface area contributed by atoms with E-state index in [4.69, 9.17) is 0 Å². The lowest BCUT2D eigenvalue weighted by atomic mass is 10.2. The second-order valence-electron chi connectivity index (χ2n) is 3.76. The first-order chi connectivity index (χ1) is 6.09. The number of hydrogen-bond acceptors (Lipinski definition) is 2. The monoisotopic (exact) mass is 181 g/mol. The van der Waals surface area contributed by atoms with Gasteiger partial charge in [-0.15, -0.1) is 0 Å². The number of rotatable bonds is 4. The summed E-state index contributed by atoms with van der Waals surface area (Å²) in [4.78, 5) is 0. The zero-order valence-corrected chi connectivity index (χ0v) is 8.96. The van der Waals surface area contributed by atoms with Crippen molar-refractivity contribution in [1.82, 2.24) is 15.1 Å². The van der Waals surface area contributed by atoms with Crippen molar-refractivity contribution >= 4 is 0 Å². The van der Waals surface area contributed by atoms with Crippen LogP contribution in [0.5, 0.6) is 0 Å². The van der Waals surface area contributed by atoms with Crippen molar-refractivity contribution in [3.63, 3.8) is 0 Å². The van der Waals surface area contributed by atoms with Crippen molar-refractivity contribution in [3.05, 3.63) is 17.5 Å². The van der Waals surface area contributed by atoms with Crippen LogP contribution < -0.4 is 5.32 Å². The molecular weight excluding hydrogens is 162 g/mol. The summed E-state index contributed by atoms with van der Waals surface area (Å²) in [6.07, 6.45) is 1.05. The minimum Gasteiger partial charge on any atom is -0.314 e. The maximum absolute atomic E-state index is 4.30. The minimum atomic E-state index is 0.564. The van der Waals surface area contributed by atoms with Crippen LogP contribution in [0.25, 0.3) is 0 Å². The second kappa shape index (κ2) is 4.42. The lowest BCUT2D eigenvalue weighted by Crippen LogP contribution is -2.25. The molecule has 0 aromatic carbocycles. The molecule has 0 spiro atoms. The third-order valence-corrected chi connectivity index (χ3v) is 2.03. The van der Waals surface area contributed by atoms with E-state index in [2.05, 4.69) is 30.3 Å². The molecule has 0 aliphatic heterocycles. The standard InChI is InChI=1S/C10H19N3/c1-8(2)11-6-5-10-7-9(3)12-13(10)4/h7-8,11H,5-6H2,1-4H3. The summed E-state index contributed by atoms with van der Waals surface area (Å²) in [5, 5.41) is 7.69. The maximum atomic E-state index is 4.30. The van der Waals surface area contributed by atoms with E-state index in [0.717, 1.165) is 18.7 Å². The average molecular weight is 181 g/mol. The van der Waals surface area contributed by atoms with Crippen LogP contribution in [-0.2, 0) is 13.5 Å². The normalized spacial score (nSPS) is 11.2. The molecule has 0 atom stereocenters. The van der Waals surface area contributed by atoms with Gasteiger partial charge < -0.3 is 5.32 Å². The first-order valence-electron chi connectivity index (χ1n) is 4.82. The summed E-state index contributed by atoms with van der Waals surface area (Å²) in [6.45, 7) is 7.37. The van der Waals surface area contributed by atoms with Gasteiger partial charge in [-0.05, 0) is 13.0 Å². The van der Waals surface area contributed by atoms with Crippen molar-refractivity contribution in [2.24, 2.45) is 7.05 Å². The molecule has 74 valence electrons. The summed E-state index contributed by atoms with van der Waals surface area (Å²) >= 11 is 0. The number of nitrogens with one attached hydrogen (secondary N) is 1. The molecule has 1 heterocycles. The van der Waals surface area contributed by atoms with Crippen molar-refractivity contribution in [1.29, 1.82) is 0 Å². The molecule has 0 bridgehead atoms. The molecule has 1 aromatic heterocycles. The third kappa shape index (κ3) is 3.19. The number of aromatic nitrogens is 2. The molecule has 3 nitrogen and oxygen atoms in total. The molecular formula is C10H19N3. The lowest BCUT2D eigenvalue weighted by molar-refractivity contribution is 0.575. The largest absolute Gasteiger partial charge is 0.314 e. The summed E-state index contributed by atoms with van der Waals surface area (Å²) in [7, 11) is 2.00. The molecule has 3 heteroatoms. The molecule has 0 saturated carbocycles. The van der Waals surface area contributed by atoms with Gasteiger partial charge in [-0.3, -0.25) is 4.68 Å². The van der Waals surface area contributed by atoms with Crippen LogP contribution in [0.4, 0.5) is 0 Å². The summed E-state index contributed by atoms with van der Waals surface area (Å²) in [5.74, 6) is 0. The van der Waals surface area contributed by atoms with Crippen molar-refractivity contribution < 1.29 is 0 Å². The van der Waals surface area contributed by atoms with E-state index in [-0.39, 0.29) is 0 Å². The highest BCUT2D eigenvalue weighted by Crippen LogP contribution is 2.01. The third-order valence-electron chi connectivity index (χ3n) is 2.03. The van der Waals surface area contributed by atoms with Gasteiger partial charge in [-0.2, -0.15) is 5.10 Å². The van der Waals surface area contributed by atoms with Gasteiger partial charge in [0.1, 0.15) is 0 Å². The van der Waals surface area contributed by atoms with E-state index in [0.29, 0.717) is 6.04 Å². The van der Waals surface area contributed by atoms with Crippen LogP contribution in [0.15, 0.2) is 6.07 Å². The van der Waals surface area contributed by atoms with E-state index in [1.54, 1.807) is 0 Å². The van der Waals surface area contributed by atoms with Gasteiger partial charge >= 0.3 is 0 Å². The highest BCUT2D eigenvalue weighted by Gasteiger charge is 2.01. The van der Waals surface area contributed by atoms with Gasteiger partial charge in [0.25, 0.3) is 0 Å². The SMILES string of the molecule is Cc1cc(CCNC(C)C)n(C)n1. The van der Waals surface area contributed by atoms with Gasteiger partial charge in [-0.1, -0.05) is 13.8 Å². The predicted octanol–water partition coefficient (Wildman–Crippen LogP) is 1.27. The summed E-state index contributed by atoms with van der Waals surface area (Å²) in [6, 6.07) is 2.71. The Morgan fingerprint density at radius 3 is 2.69 bits per heavy atom. The highest BCUT2D eigenvalue weighted by molar-refractivity contribution is 5.08. The Bertz CT molecular complexity index is 263. The van der Waals surface area contributed by atoms with Crippen LogP contribution in [0.3, 0.4) is 0 Å². The van der Waals surface area contributed by atoms with Gasteiger partial charge in [0, 0.05) is 31.7 Å². The Morgan fingerprint density at radius 1 is 1.54 bits per heavy atom. The van der Waals surface area contributed by atoms with Crippen LogP contribution in [0.2, 0.25) is 0 Å². The van der Waals surface area contributed by atoms with Crippen LogP contribution in [0, 0.1) is 6.92 Å². The molecule has 13 heavy (non-hydrogen) atoms. The number of hydrogen-bond donors (Lipinski definition) is 1. The smallest absolute Gasteiger partial charge is 0.0596 e. The molecule has 1 rings (SSSR count). The Kier molecular flexibility index (Phi) is 3.48. The van der Waals surface area contributed by atoms with Crippen molar-refractivity contribution in [2.75, 3.05) is 6.54 Å². The molecule has 0 unspecified atom stereocenters. The molecule has 0 fully saturated rings. The van der Waals surface area contributed by atoms with Crippen molar-refractivity contribution in [3.8, 4) is 0 Å². The Hall–Kier alpha value is -0.830. The first kappa shape index (κ1) is 10.3. The lowest BCUT2D eigenvalue weighted by Gasteiger charge is -2.07. The van der Waals surface area contributed by atoms with Gasteiger partial charge in [0.2, 0.25) is 0 Å². The van der Waals surface area contributed by atoms with Crippen LogP contribution in [-0.4, -0.2) is 22.4 Å². The fraction of sp³-hybridized carbons (Fsp3) is 0.700. The van der Waals surface area contributed by atoms with E-state index in [1.807, 2.05) is 18.7 Å². The van der Waals surface area contributed by atoms with E-state index in [9.17, 15) is 0 Å². The fourth-order valence-electron chi connectivity index (χ4n) is 1.39. The molecule has 0 amide bonds. The first-order valence-corrected chi connectivity index (χ1v) is 4.82. The molecule has 0 radical (unpaired) electrons. The topological polar surface area (TPSA) is 29.9 Å². The highest BCUT2D eigenvalue weighted by atomic mass is 15.3. The number of aryl methyl sites for hydroxylation is 2. The molecule has 0 aliphatic carbocycles. The fourth-order valence-corrected chi connectivity index (χ4v) is 1.39. The molecule has 1 N–H and O–H groups in total. The second-order valence-corrected chi connectivity index (χ2v) is 3.76. The molecule has 0 aliphatic rings. The summed E-state index contributed by atoms with van der Waals surface area (Å²) in [5.41, 5.74) is 2.40. The van der Waals surface area contributed by atoms with Gasteiger partial charge in [0.05, 0.1) is 5.69 Å². The Morgan fingerprint density at radius 2 is 2.23 bits per heavy atom. The zero-order chi connectivity index (χ0) is 9.84. The minimum absolute atomic E-state index is 0.564. The van der Waals surface area contributed by atoms with Crippen LogP contribution in [0.1, 0.15) is 25.2 Å². The summed E-state index contributed by atoms with van der Waals surface area (Å²) < 4.78 is 1.96. The number of nitrogens with zero attached hydrogens (tertiary/aromatic N) is 2. The van der Waals surface area contributed by atoms with E-state index < -0.39 is 0 Å².